The third-order valence-corrected chi connectivity index (χ3v) is 5.92. The standard InChI is InChI=1S/C27H45NO3/c1-2-3-4-5-6-7-8-9-10-11-12-13-14-15-19-22-26(29)28-25(27(30)31)23-24-20-17-16-18-21-24/h16-18,20-21,25H,2-15,19,22-23H2,1H3,(H,28,29)(H,30,31)/t25-/m0/s1. The molecule has 1 aromatic rings. The highest BCUT2D eigenvalue weighted by atomic mass is 16.4. The number of rotatable bonds is 20. The molecule has 0 aromatic heterocycles. The van der Waals surface area contributed by atoms with E-state index in [0.29, 0.717) is 12.8 Å². The Hall–Kier alpha value is -1.84. The first-order chi connectivity index (χ1) is 15.1. The number of carboxylic acids is 1. The number of aliphatic carboxylic acids is 1. The molecule has 31 heavy (non-hydrogen) atoms. The summed E-state index contributed by atoms with van der Waals surface area (Å²) in [7, 11) is 0. The Morgan fingerprint density at radius 2 is 1.19 bits per heavy atom. The monoisotopic (exact) mass is 431 g/mol. The summed E-state index contributed by atoms with van der Waals surface area (Å²) in [6, 6.07) is 8.57. The molecule has 0 heterocycles. The van der Waals surface area contributed by atoms with E-state index in [2.05, 4.69) is 12.2 Å². The summed E-state index contributed by atoms with van der Waals surface area (Å²) < 4.78 is 0. The smallest absolute Gasteiger partial charge is 0.326 e. The average Bonchev–Trinajstić information content (AvgIpc) is 2.76. The summed E-state index contributed by atoms with van der Waals surface area (Å²) in [5, 5.41) is 12.0. The number of amides is 1. The zero-order chi connectivity index (χ0) is 22.6. The van der Waals surface area contributed by atoms with Crippen molar-refractivity contribution < 1.29 is 14.7 Å². The van der Waals surface area contributed by atoms with Crippen molar-refractivity contribution in [2.75, 3.05) is 0 Å². The van der Waals surface area contributed by atoms with Gasteiger partial charge in [0, 0.05) is 12.8 Å². The number of hydrogen-bond acceptors (Lipinski definition) is 2. The van der Waals surface area contributed by atoms with Crippen LogP contribution in [0, 0.1) is 0 Å². The highest BCUT2D eigenvalue weighted by molar-refractivity contribution is 5.83. The second kappa shape index (κ2) is 18.9. The van der Waals surface area contributed by atoms with Gasteiger partial charge in [-0.3, -0.25) is 4.79 Å². The maximum absolute atomic E-state index is 12.1. The van der Waals surface area contributed by atoms with Gasteiger partial charge in [-0.1, -0.05) is 127 Å². The van der Waals surface area contributed by atoms with Crippen molar-refractivity contribution in [3.8, 4) is 0 Å². The minimum absolute atomic E-state index is 0.155. The third kappa shape index (κ3) is 15.6. The fraction of sp³-hybridized carbons (Fsp3) is 0.704. The lowest BCUT2D eigenvalue weighted by molar-refractivity contribution is -0.141. The van der Waals surface area contributed by atoms with E-state index in [1.165, 1.54) is 77.0 Å². The van der Waals surface area contributed by atoms with E-state index in [0.717, 1.165) is 24.8 Å². The molecule has 176 valence electrons. The first kappa shape index (κ1) is 27.2. The SMILES string of the molecule is CCCCCCCCCCCCCCCCCC(=O)N[C@@H](Cc1ccccc1)C(=O)O. The van der Waals surface area contributed by atoms with Crippen LogP contribution in [0.4, 0.5) is 0 Å². The molecule has 4 heteroatoms. The van der Waals surface area contributed by atoms with E-state index in [9.17, 15) is 14.7 Å². The summed E-state index contributed by atoms with van der Waals surface area (Å²) in [5.41, 5.74) is 0.919. The maximum Gasteiger partial charge on any atom is 0.326 e. The molecule has 0 aliphatic heterocycles. The van der Waals surface area contributed by atoms with Crippen LogP contribution in [0.3, 0.4) is 0 Å². The van der Waals surface area contributed by atoms with E-state index < -0.39 is 12.0 Å². The van der Waals surface area contributed by atoms with E-state index in [1.807, 2.05) is 30.3 Å². The Labute approximate surface area is 190 Å². The van der Waals surface area contributed by atoms with Crippen LogP contribution in [0.5, 0.6) is 0 Å². The van der Waals surface area contributed by atoms with Gasteiger partial charge in [0.2, 0.25) is 5.91 Å². The van der Waals surface area contributed by atoms with Gasteiger partial charge in [-0.2, -0.15) is 0 Å². The summed E-state index contributed by atoms with van der Waals surface area (Å²) in [4.78, 5) is 23.5. The van der Waals surface area contributed by atoms with Crippen molar-refractivity contribution in [3.05, 3.63) is 35.9 Å². The Balaban J connectivity index is 1.95. The minimum atomic E-state index is -0.978. The molecule has 0 radical (unpaired) electrons. The highest BCUT2D eigenvalue weighted by Crippen LogP contribution is 2.14. The summed E-state index contributed by atoms with van der Waals surface area (Å²) >= 11 is 0. The second-order valence-corrected chi connectivity index (χ2v) is 8.85. The van der Waals surface area contributed by atoms with Crippen LogP contribution in [0.1, 0.15) is 115 Å². The van der Waals surface area contributed by atoms with Crippen LogP contribution in [0.25, 0.3) is 0 Å². The van der Waals surface area contributed by atoms with Gasteiger partial charge in [-0.15, -0.1) is 0 Å². The quantitative estimate of drug-likeness (QED) is 0.217. The van der Waals surface area contributed by atoms with Gasteiger partial charge in [0.1, 0.15) is 6.04 Å². The normalized spacial score (nSPS) is 11.9. The van der Waals surface area contributed by atoms with Gasteiger partial charge in [0.25, 0.3) is 0 Å². The zero-order valence-electron chi connectivity index (χ0n) is 19.7. The minimum Gasteiger partial charge on any atom is -0.480 e. The number of unbranched alkanes of at least 4 members (excludes halogenated alkanes) is 14. The molecule has 0 spiro atoms. The van der Waals surface area contributed by atoms with Crippen LogP contribution in [-0.4, -0.2) is 23.0 Å². The Bertz CT molecular complexity index is 573. The Kier molecular flexibility index (Phi) is 16.6. The third-order valence-electron chi connectivity index (χ3n) is 5.92. The molecule has 0 bridgehead atoms. The molecule has 0 saturated heterocycles. The lowest BCUT2D eigenvalue weighted by atomic mass is 10.0. The molecule has 4 nitrogen and oxygen atoms in total. The van der Waals surface area contributed by atoms with Crippen molar-refractivity contribution >= 4 is 11.9 Å². The van der Waals surface area contributed by atoms with Crippen molar-refractivity contribution in [1.29, 1.82) is 0 Å². The van der Waals surface area contributed by atoms with E-state index >= 15 is 0 Å². The summed E-state index contributed by atoms with van der Waals surface area (Å²) in [6.45, 7) is 2.27. The van der Waals surface area contributed by atoms with Gasteiger partial charge in [-0.05, 0) is 12.0 Å². The molecule has 0 unspecified atom stereocenters. The summed E-state index contributed by atoms with van der Waals surface area (Å²) in [6.07, 6.45) is 20.1. The van der Waals surface area contributed by atoms with Crippen LogP contribution >= 0.6 is 0 Å². The van der Waals surface area contributed by atoms with E-state index in [-0.39, 0.29) is 5.91 Å². The first-order valence-corrected chi connectivity index (χ1v) is 12.7. The topological polar surface area (TPSA) is 66.4 Å². The van der Waals surface area contributed by atoms with Crippen molar-refractivity contribution in [3.63, 3.8) is 0 Å². The lowest BCUT2D eigenvalue weighted by Crippen LogP contribution is -2.42. The highest BCUT2D eigenvalue weighted by Gasteiger charge is 2.19. The second-order valence-electron chi connectivity index (χ2n) is 8.85. The van der Waals surface area contributed by atoms with Crippen LogP contribution in [0.2, 0.25) is 0 Å². The molecule has 0 aliphatic rings. The molecular formula is C27H45NO3. The lowest BCUT2D eigenvalue weighted by Gasteiger charge is -2.14. The molecule has 0 saturated carbocycles. The van der Waals surface area contributed by atoms with E-state index in [1.54, 1.807) is 0 Å². The van der Waals surface area contributed by atoms with Gasteiger partial charge >= 0.3 is 5.97 Å². The number of carbonyl (C=O) groups excluding carboxylic acids is 1. The fourth-order valence-electron chi connectivity index (χ4n) is 3.97. The van der Waals surface area contributed by atoms with Crippen molar-refractivity contribution in [1.82, 2.24) is 5.32 Å². The van der Waals surface area contributed by atoms with Crippen LogP contribution < -0.4 is 5.32 Å². The van der Waals surface area contributed by atoms with Gasteiger partial charge in [0.05, 0.1) is 0 Å². The van der Waals surface area contributed by atoms with Gasteiger partial charge < -0.3 is 10.4 Å². The van der Waals surface area contributed by atoms with Gasteiger partial charge in [0.15, 0.2) is 0 Å². The molecular weight excluding hydrogens is 386 g/mol. The predicted octanol–water partition coefficient (Wildman–Crippen LogP) is 7.06. The largest absolute Gasteiger partial charge is 0.480 e. The number of carbonyl (C=O) groups is 2. The molecule has 2 N–H and O–H groups in total. The van der Waals surface area contributed by atoms with Crippen LogP contribution in [-0.2, 0) is 16.0 Å². The molecule has 0 aliphatic carbocycles. The van der Waals surface area contributed by atoms with Gasteiger partial charge in [-0.25, -0.2) is 4.79 Å². The molecule has 1 aromatic carbocycles. The Morgan fingerprint density at radius 1 is 0.742 bits per heavy atom. The molecule has 1 rings (SSSR count). The number of nitrogens with one attached hydrogen (secondary N) is 1. The average molecular weight is 432 g/mol. The van der Waals surface area contributed by atoms with E-state index in [4.69, 9.17) is 0 Å². The van der Waals surface area contributed by atoms with Crippen molar-refractivity contribution in [2.45, 2.75) is 122 Å². The molecule has 1 amide bonds. The predicted molar refractivity (Wildman–Crippen MR) is 129 cm³/mol. The molecule has 1 atom stereocenters. The Morgan fingerprint density at radius 3 is 1.65 bits per heavy atom. The zero-order valence-corrected chi connectivity index (χ0v) is 19.7. The fourth-order valence-corrected chi connectivity index (χ4v) is 3.97. The van der Waals surface area contributed by atoms with Crippen molar-refractivity contribution in [2.24, 2.45) is 0 Å². The molecule has 0 fully saturated rings. The number of benzene rings is 1. The maximum atomic E-state index is 12.1. The number of hydrogen-bond donors (Lipinski definition) is 2. The first-order valence-electron chi connectivity index (χ1n) is 12.7. The van der Waals surface area contributed by atoms with Crippen LogP contribution in [0.15, 0.2) is 30.3 Å². The number of carboxylic acid groups (broad SMARTS) is 1. The summed E-state index contributed by atoms with van der Waals surface area (Å²) in [5.74, 6) is -1.13.